The number of anilines is 1. The fourth-order valence-corrected chi connectivity index (χ4v) is 5.20. The van der Waals surface area contributed by atoms with Crippen LogP contribution < -0.4 is 5.32 Å². The molecule has 4 nitrogen and oxygen atoms in total. The molecule has 1 amide bonds. The lowest BCUT2D eigenvalue weighted by atomic mass is 9.90. The van der Waals surface area contributed by atoms with Gasteiger partial charge in [0.2, 0.25) is 5.91 Å². The van der Waals surface area contributed by atoms with Crippen LogP contribution in [-0.2, 0) is 16.3 Å². The SMILES string of the molecule is Cc1ccc(-n2nc3c(c2NC(=O)C(c2ccccc2)c2ccccc2)CSC3)cc1C. The fraction of sp³-hybridized carbons (Fsp3) is 0.185. The lowest BCUT2D eigenvalue weighted by molar-refractivity contribution is -0.116. The number of benzene rings is 3. The molecule has 2 heterocycles. The maximum absolute atomic E-state index is 13.8. The Morgan fingerprint density at radius 2 is 1.56 bits per heavy atom. The average molecular weight is 440 g/mol. The Hall–Kier alpha value is -3.31. The van der Waals surface area contributed by atoms with E-state index in [1.54, 1.807) is 0 Å². The van der Waals surface area contributed by atoms with E-state index in [1.807, 2.05) is 77.1 Å². The topological polar surface area (TPSA) is 46.9 Å². The van der Waals surface area contributed by atoms with E-state index in [2.05, 4.69) is 37.4 Å². The van der Waals surface area contributed by atoms with Crippen LogP contribution in [0.4, 0.5) is 5.82 Å². The summed E-state index contributed by atoms with van der Waals surface area (Å²) in [4.78, 5) is 13.8. The highest BCUT2D eigenvalue weighted by molar-refractivity contribution is 7.98. The van der Waals surface area contributed by atoms with Crippen molar-refractivity contribution >= 4 is 23.5 Å². The number of aromatic nitrogens is 2. The van der Waals surface area contributed by atoms with E-state index in [0.717, 1.165) is 45.4 Å². The van der Waals surface area contributed by atoms with Gasteiger partial charge in [-0.25, -0.2) is 4.68 Å². The molecule has 0 atom stereocenters. The second-order valence-electron chi connectivity index (χ2n) is 8.19. The highest BCUT2D eigenvalue weighted by Gasteiger charge is 2.28. The molecule has 160 valence electrons. The normalized spacial score (nSPS) is 12.7. The van der Waals surface area contributed by atoms with Gasteiger partial charge in [0, 0.05) is 17.1 Å². The average Bonchev–Trinajstić information content (AvgIpc) is 3.40. The molecule has 3 aromatic carbocycles. The summed E-state index contributed by atoms with van der Waals surface area (Å²) < 4.78 is 1.90. The molecule has 0 radical (unpaired) electrons. The predicted octanol–water partition coefficient (Wildman–Crippen LogP) is 6.01. The number of aryl methyl sites for hydroxylation is 2. The summed E-state index contributed by atoms with van der Waals surface area (Å²) in [5.41, 5.74) is 7.54. The van der Waals surface area contributed by atoms with Gasteiger partial charge in [-0.15, -0.1) is 0 Å². The summed E-state index contributed by atoms with van der Waals surface area (Å²) in [6.45, 7) is 4.21. The molecule has 5 rings (SSSR count). The zero-order chi connectivity index (χ0) is 22.1. The van der Waals surface area contributed by atoms with E-state index in [9.17, 15) is 4.79 Å². The van der Waals surface area contributed by atoms with Gasteiger partial charge in [-0.3, -0.25) is 4.79 Å². The summed E-state index contributed by atoms with van der Waals surface area (Å²) in [5, 5.41) is 8.14. The molecule has 0 unspecified atom stereocenters. The summed E-state index contributed by atoms with van der Waals surface area (Å²) in [5.74, 6) is 2.07. The van der Waals surface area contributed by atoms with Gasteiger partial charge in [-0.2, -0.15) is 16.9 Å². The van der Waals surface area contributed by atoms with E-state index in [4.69, 9.17) is 5.10 Å². The molecular weight excluding hydrogens is 414 g/mol. The molecule has 0 fully saturated rings. The van der Waals surface area contributed by atoms with Crippen LogP contribution in [0.25, 0.3) is 5.69 Å². The molecule has 0 saturated heterocycles. The van der Waals surface area contributed by atoms with Crippen LogP contribution in [0, 0.1) is 13.8 Å². The van der Waals surface area contributed by atoms with Crippen molar-refractivity contribution in [2.45, 2.75) is 31.3 Å². The second kappa shape index (κ2) is 8.67. The third kappa shape index (κ3) is 3.84. The highest BCUT2D eigenvalue weighted by atomic mass is 32.2. The Bertz CT molecular complexity index is 1230. The van der Waals surface area contributed by atoms with Crippen LogP contribution in [0.2, 0.25) is 0 Å². The van der Waals surface area contributed by atoms with Gasteiger partial charge in [-0.1, -0.05) is 66.7 Å². The number of thioether (sulfide) groups is 1. The molecule has 1 N–H and O–H groups in total. The number of nitrogens with one attached hydrogen (secondary N) is 1. The van der Waals surface area contributed by atoms with Crippen LogP contribution >= 0.6 is 11.8 Å². The van der Waals surface area contributed by atoms with Crippen LogP contribution in [0.1, 0.15) is 39.4 Å². The summed E-state index contributed by atoms with van der Waals surface area (Å²) in [6.07, 6.45) is 0. The minimum absolute atomic E-state index is 0.0490. The number of amides is 1. The van der Waals surface area contributed by atoms with Gasteiger partial charge in [0.15, 0.2) is 0 Å². The smallest absolute Gasteiger partial charge is 0.237 e. The molecule has 1 aliphatic rings. The Morgan fingerprint density at radius 3 is 2.19 bits per heavy atom. The lowest BCUT2D eigenvalue weighted by Crippen LogP contribution is -2.24. The largest absolute Gasteiger partial charge is 0.309 e. The number of hydrogen-bond acceptors (Lipinski definition) is 3. The van der Waals surface area contributed by atoms with E-state index in [-0.39, 0.29) is 5.91 Å². The van der Waals surface area contributed by atoms with E-state index in [1.165, 1.54) is 11.1 Å². The summed E-state index contributed by atoms with van der Waals surface area (Å²) >= 11 is 1.83. The van der Waals surface area contributed by atoms with Crippen molar-refractivity contribution in [2.75, 3.05) is 5.32 Å². The van der Waals surface area contributed by atoms with Crippen molar-refractivity contribution in [1.82, 2.24) is 9.78 Å². The number of nitrogens with zero attached hydrogens (tertiary/aromatic N) is 2. The zero-order valence-corrected chi connectivity index (χ0v) is 19.0. The predicted molar refractivity (Wildman–Crippen MR) is 131 cm³/mol. The Balaban J connectivity index is 1.56. The zero-order valence-electron chi connectivity index (χ0n) is 18.2. The number of carbonyl (C=O) groups is 1. The third-order valence-corrected chi connectivity index (χ3v) is 7.03. The monoisotopic (exact) mass is 439 g/mol. The third-order valence-electron chi connectivity index (χ3n) is 6.06. The van der Waals surface area contributed by atoms with Crippen LogP contribution in [0.5, 0.6) is 0 Å². The summed E-state index contributed by atoms with van der Waals surface area (Å²) in [7, 11) is 0. The number of rotatable bonds is 5. The molecule has 0 saturated carbocycles. The molecule has 0 bridgehead atoms. The quantitative estimate of drug-likeness (QED) is 0.414. The van der Waals surface area contributed by atoms with Crippen molar-refractivity contribution in [3.05, 3.63) is 112 Å². The van der Waals surface area contributed by atoms with Gasteiger partial charge in [0.05, 0.1) is 17.3 Å². The minimum atomic E-state index is -0.398. The first kappa shape index (κ1) is 20.6. The van der Waals surface area contributed by atoms with Crippen molar-refractivity contribution in [3.8, 4) is 5.69 Å². The van der Waals surface area contributed by atoms with E-state index in [0.29, 0.717) is 0 Å². The molecule has 1 aliphatic heterocycles. The maximum Gasteiger partial charge on any atom is 0.237 e. The number of carbonyl (C=O) groups excluding carboxylic acids is 1. The fourth-order valence-electron chi connectivity index (χ4n) is 4.16. The Morgan fingerprint density at radius 1 is 0.906 bits per heavy atom. The van der Waals surface area contributed by atoms with Crippen molar-refractivity contribution in [1.29, 1.82) is 0 Å². The van der Waals surface area contributed by atoms with Crippen molar-refractivity contribution in [3.63, 3.8) is 0 Å². The first-order chi connectivity index (χ1) is 15.6. The number of hydrogen-bond donors (Lipinski definition) is 1. The van der Waals surface area contributed by atoms with Gasteiger partial charge < -0.3 is 5.32 Å². The number of fused-ring (bicyclic) bond motifs is 1. The maximum atomic E-state index is 13.8. The molecule has 32 heavy (non-hydrogen) atoms. The lowest BCUT2D eigenvalue weighted by Gasteiger charge is -2.19. The minimum Gasteiger partial charge on any atom is -0.309 e. The standard InChI is InChI=1S/C27H25N3OS/c1-18-13-14-22(15-19(18)2)30-26(23-16-32-17-24(23)29-30)28-27(31)25(20-9-5-3-6-10-20)21-11-7-4-8-12-21/h3-15,25H,16-17H2,1-2H3,(H,28,31). The van der Waals surface area contributed by atoms with Crippen molar-refractivity contribution in [2.24, 2.45) is 0 Å². The summed E-state index contributed by atoms with van der Waals surface area (Å²) in [6, 6.07) is 26.2. The molecular formula is C27H25N3OS. The first-order valence-electron chi connectivity index (χ1n) is 10.8. The van der Waals surface area contributed by atoms with Crippen molar-refractivity contribution < 1.29 is 4.79 Å². The highest BCUT2D eigenvalue weighted by Crippen LogP contribution is 2.37. The van der Waals surface area contributed by atoms with E-state index < -0.39 is 5.92 Å². The van der Waals surface area contributed by atoms with Gasteiger partial charge in [-0.05, 0) is 48.2 Å². The van der Waals surface area contributed by atoms with Gasteiger partial charge in [0.25, 0.3) is 0 Å². The van der Waals surface area contributed by atoms with Crippen LogP contribution in [0.15, 0.2) is 78.9 Å². The van der Waals surface area contributed by atoms with E-state index >= 15 is 0 Å². The van der Waals surface area contributed by atoms with Gasteiger partial charge >= 0.3 is 0 Å². The van der Waals surface area contributed by atoms with Crippen LogP contribution in [-0.4, -0.2) is 15.7 Å². The Kier molecular flexibility index (Phi) is 5.58. The van der Waals surface area contributed by atoms with Gasteiger partial charge in [0.1, 0.15) is 5.82 Å². The first-order valence-corrected chi connectivity index (χ1v) is 11.9. The molecule has 1 aromatic heterocycles. The molecule has 0 aliphatic carbocycles. The second-order valence-corrected chi connectivity index (χ2v) is 9.18. The molecule has 0 spiro atoms. The van der Waals surface area contributed by atoms with Crippen LogP contribution in [0.3, 0.4) is 0 Å². The molecule has 4 aromatic rings. The molecule has 5 heteroatoms. The Labute approximate surface area is 192 Å².